The Morgan fingerprint density at radius 1 is 1.33 bits per heavy atom. The van der Waals surface area contributed by atoms with Gasteiger partial charge in [-0.25, -0.2) is 4.98 Å². The van der Waals surface area contributed by atoms with Crippen molar-refractivity contribution < 1.29 is 4.42 Å². The van der Waals surface area contributed by atoms with Gasteiger partial charge in [-0.2, -0.15) is 0 Å². The van der Waals surface area contributed by atoms with Crippen molar-refractivity contribution in [3.05, 3.63) is 28.5 Å². The molecule has 0 aliphatic rings. The number of thiazole rings is 1. The summed E-state index contributed by atoms with van der Waals surface area (Å²) in [4.78, 5) is 5.88. The zero-order chi connectivity index (χ0) is 13.3. The molecule has 0 spiro atoms. The van der Waals surface area contributed by atoms with Gasteiger partial charge in [0, 0.05) is 10.4 Å². The zero-order valence-corrected chi connectivity index (χ0v) is 12.2. The second-order valence-corrected chi connectivity index (χ2v) is 6.51. The average molecular weight is 264 g/mol. The molecule has 0 bridgehead atoms. The van der Waals surface area contributed by atoms with E-state index in [2.05, 4.69) is 25.8 Å². The highest BCUT2D eigenvalue weighted by atomic mass is 32.1. The number of rotatable bonds is 4. The summed E-state index contributed by atoms with van der Waals surface area (Å²) in [5.41, 5.74) is 6.98. The summed E-state index contributed by atoms with van der Waals surface area (Å²) in [5.74, 6) is 1.78. The van der Waals surface area contributed by atoms with Crippen LogP contribution in [0.3, 0.4) is 0 Å². The predicted molar refractivity (Wildman–Crippen MR) is 75.9 cm³/mol. The summed E-state index contributed by atoms with van der Waals surface area (Å²) in [5, 5.41) is 0.963. The van der Waals surface area contributed by atoms with Crippen LogP contribution >= 0.6 is 11.3 Å². The van der Waals surface area contributed by atoms with Gasteiger partial charge in [-0.15, -0.1) is 11.3 Å². The van der Waals surface area contributed by atoms with Crippen LogP contribution in [0.2, 0.25) is 0 Å². The van der Waals surface area contributed by atoms with Crippen LogP contribution in [0.1, 0.15) is 36.6 Å². The van der Waals surface area contributed by atoms with Crippen molar-refractivity contribution in [2.75, 3.05) is 0 Å². The molecule has 3 nitrogen and oxygen atoms in total. The van der Waals surface area contributed by atoms with Gasteiger partial charge in [0.15, 0.2) is 10.8 Å². The standard InChI is InChI=1S/C14H20N2OS/c1-9-5-6-11(17-9)13-16-10(2)12(18-13)7-8-14(3,4)15/h5-6H,7-8,15H2,1-4H3. The SMILES string of the molecule is Cc1ccc(-c2nc(C)c(CCC(C)(C)N)s2)o1. The third kappa shape index (κ3) is 3.21. The summed E-state index contributed by atoms with van der Waals surface area (Å²) < 4.78 is 5.61. The fourth-order valence-corrected chi connectivity index (χ4v) is 2.77. The van der Waals surface area contributed by atoms with Gasteiger partial charge in [0.2, 0.25) is 0 Å². The Bertz CT molecular complexity index is 534. The number of nitrogens with two attached hydrogens (primary N) is 1. The molecule has 4 heteroatoms. The Kier molecular flexibility index (Phi) is 3.59. The molecule has 0 radical (unpaired) electrons. The number of hydrogen-bond donors (Lipinski definition) is 1. The first-order chi connectivity index (χ1) is 8.35. The molecule has 2 heterocycles. The van der Waals surface area contributed by atoms with E-state index in [1.807, 2.05) is 19.1 Å². The fourth-order valence-electron chi connectivity index (χ4n) is 1.75. The molecule has 2 aromatic heterocycles. The second-order valence-electron chi connectivity index (χ2n) is 5.43. The van der Waals surface area contributed by atoms with Gasteiger partial charge in [0.1, 0.15) is 5.76 Å². The minimum absolute atomic E-state index is 0.127. The summed E-state index contributed by atoms with van der Waals surface area (Å²) in [7, 11) is 0. The van der Waals surface area contributed by atoms with E-state index in [-0.39, 0.29) is 5.54 Å². The van der Waals surface area contributed by atoms with Crippen molar-refractivity contribution in [1.29, 1.82) is 0 Å². The van der Waals surface area contributed by atoms with Crippen LogP contribution in [-0.2, 0) is 6.42 Å². The number of hydrogen-bond acceptors (Lipinski definition) is 4. The van der Waals surface area contributed by atoms with E-state index in [0.717, 1.165) is 35.1 Å². The van der Waals surface area contributed by atoms with Crippen molar-refractivity contribution >= 4 is 11.3 Å². The summed E-state index contributed by atoms with van der Waals surface area (Å²) >= 11 is 1.71. The van der Waals surface area contributed by atoms with E-state index in [1.54, 1.807) is 11.3 Å². The largest absolute Gasteiger partial charge is 0.459 e. The molecule has 0 saturated carbocycles. The minimum atomic E-state index is -0.127. The topological polar surface area (TPSA) is 52.0 Å². The molecular weight excluding hydrogens is 244 g/mol. The van der Waals surface area contributed by atoms with Gasteiger partial charge in [-0.05, 0) is 52.7 Å². The molecule has 2 aromatic rings. The third-order valence-corrected chi connectivity index (χ3v) is 4.07. The number of furan rings is 1. The van der Waals surface area contributed by atoms with Crippen molar-refractivity contribution in [1.82, 2.24) is 4.98 Å². The highest BCUT2D eigenvalue weighted by Gasteiger charge is 2.15. The lowest BCUT2D eigenvalue weighted by Crippen LogP contribution is -2.32. The Morgan fingerprint density at radius 3 is 2.61 bits per heavy atom. The van der Waals surface area contributed by atoms with Crippen LogP contribution in [0.25, 0.3) is 10.8 Å². The van der Waals surface area contributed by atoms with Crippen LogP contribution in [0.4, 0.5) is 0 Å². The first-order valence-electron chi connectivity index (χ1n) is 6.17. The molecule has 0 fully saturated rings. The highest BCUT2D eigenvalue weighted by Crippen LogP contribution is 2.30. The summed E-state index contributed by atoms with van der Waals surface area (Å²) in [6.07, 6.45) is 1.94. The molecule has 98 valence electrons. The maximum atomic E-state index is 6.02. The molecule has 0 atom stereocenters. The fraction of sp³-hybridized carbons (Fsp3) is 0.500. The monoisotopic (exact) mass is 264 g/mol. The molecule has 18 heavy (non-hydrogen) atoms. The van der Waals surface area contributed by atoms with Gasteiger partial charge in [0.25, 0.3) is 0 Å². The predicted octanol–water partition coefficient (Wildman–Crippen LogP) is 3.69. The van der Waals surface area contributed by atoms with E-state index in [1.165, 1.54) is 4.88 Å². The number of aryl methyl sites for hydroxylation is 3. The smallest absolute Gasteiger partial charge is 0.162 e. The Hall–Kier alpha value is -1.13. The average Bonchev–Trinajstić information content (AvgIpc) is 2.81. The van der Waals surface area contributed by atoms with E-state index in [4.69, 9.17) is 10.2 Å². The lowest BCUT2D eigenvalue weighted by atomic mass is 9.99. The van der Waals surface area contributed by atoms with Crippen LogP contribution < -0.4 is 5.73 Å². The lowest BCUT2D eigenvalue weighted by Gasteiger charge is -2.17. The molecule has 0 aromatic carbocycles. The van der Waals surface area contributed by atoms with Crippen molar-refractivity contribution in [3.63, 3.8) is 0 Å². The van der Waals surface area contributed by atoms with Crippen LogP contribution in [-0.4, -0.2) is 10.5 Å². The molecule has 0 saturated heterocycles. The van der Waals surface area contributed by atoms with Crippen LogP contribution in [0.5, 0.6) is 0 Å². The van der Waals surface area contributed by atoms with Gasteiger partial charge < -0.3 is 10.2 Å². The van der Waals surface area contributed by atoms with Gasteiger partial charge in [-0.1, -0.05) is 0 Å². The lowest BCUT2D eigenvalue weighted by molar-refractivity contribution is 0.478. The second kappa shape index (κ2) is 4.86. The van der Waals surface area contributed by atoms with Crippen molar-refractivity contribution in [3.8, 4) is 10.8 Å². The normalized spacial score (nSPS) is 12.1. The van der Waals surface area contributed by atoms with E-state index in [9.17, 15) is 0 Å². The Labute approximate surface area is 112 Å². The maximum Gasteiger partial charge on any atom is 0.162 e. The first kappa shape index (κ1) is 13.3. The minimum Gasteiger partial charge on any atom is -0.459 e. The molecular formula is C14H20N2OS. The molecule has 0 aliphatic carbocycles. The summed E-state index contributed by atoms with van der Waals surface area (Å²) in [6, 6.07) is 3.94. The molecule has 0 unspecified atom stereocenters. The van der Waals surface area contributed by atoms with E-state index < -0.39 is 0 Å². The number of aromatic nitrogens is 1. The third-order valence-electron chi connectivity index (χ3n) is 2.84. The van der Waals surface area contributed by atoms with Crippen molar-refractivity contribution in [2.24, 2.45) is 5.73 Å². The van der Waals surface area contributed by atoms with Gasteiger partial charge in [-0.3, -0.25) is 0 Å². The first-order valence-corrected chi connectivity index (χ1v) is 6.99. The maximum absolute atomic E-state index is 6.02. The molecule has 0 aliphatic heterocycles. The molecule has 2 rings (SSSR count). The van der Waals surface area contributed by atoms with Crippen LogP contribution in [0.15, 0.2) is 16.5 Å². The number of nitrogens with zero attached hydrogens (tertiary/aromatic N) is 1. The van der Waals surface area contributed by atoms with Gasteiger partial charge >= 0.3 is 0 Å². The van der Waals surface area contributed by atoms with E-state index >= 15 is 0 Å². The van der Waals surface area contributed by atoms with Crippen LogP contribution in [0, 0.1) is 13.8 Å². The highest BCUT2D eigenvalue weighted by molar-refractivity contribution is 7.15. The zero-order valence-electron chi connectivity index (χ0n) is 11.4. The molecule has 0 amide bonds. The Balaban J connectivity index is 2.17. The molecule has 2 N–H and O–H groups in total. The quantitative estimate of drug-likeness (QED) is 0.916. The van der Waals surface area contributed by atoms with Gasteiger partial charge in [0.05, 0.1) is 5.69 Å². The van der Waals surface area contributed by atoms with Crippen molar-refractivity contribution in [2.45, 2.75) is 46.1 Å². The van der Waals surface area contributed by atoms with E-state index in [0.29, 0.717) is 0 Å². The summed E-state index contributed by atoms with van der Waals surface area (Å²) in [6.45, 7) is 8.11. The Morgan fingerprint density at radius 2 is 2.06 bits per heavy atom.